The molecule has 0 spiro atoms. The number of carbonyl (C=O) groups excluding carboxylic acids is 1. The van der Waals surface area contributed by atoms with E-state index in [4.69, 9.17) is 14.5 Å². The van der Waals surface area contributed by atoms with Gasteiger partial charge in [-0.25, -0.2) is 14.0 Å². The Balaban J connectivity index is 1.77. The normalized spacial score (nSPS) is 15.4. The number of aliphatic carboxylic acids is 1. The molecule has 1 saturated heterocycles. The summed E-state index contributed by atoms with van der Waals surface area (Å²) < 4.78 is 25.0. The number of hydrogen-bond acceptors (Lipinski definition) is 6. The van der Waals surface area contributed by atoms with Crippen LogP contribution < -0.4 is 4.90 Å². The van der Waals surface area contributed by atoms with Crippen LogP contribution >= 0.6 is 0 Å². The summed E-state index contributed by atoms with van der Waals surface area (Å²) in [5, 5.41) is 10.4. The molecule has 4 rings (SSSR count). The fraction of sp³-hybridized carbons (Fsp3) is 0.486. The van der Waals surface area contributed by atoms with E-state index in [0.29, 0.717) is 17.8 Å². The molecule has 1 fully saturated rings. The Hall–Kier alpha value is -3.98. The number of ether oxygens (including phenoxy) is 2. The first-order chi connectivity index (χ1) is 21.6. The van der Waals surface area contributed by atoms with Crippen LogP contribution in [0.25, 0.3) is 11.1 Å². The van der Waals surface area contributed by atoms with E-state index in [-0.39, 0.29) is 24.4 Å². The van der Waals surface area contributed by atoms with Crippen LogP contribution in [-0.2, 0) is 27.4 Å². The minimum Gasteiger partial charge on any atom is -0.479 e. The fourth-order valence-corrected chi connectivity index (χ4v) is 5.96. The standard InChI is InChI=1S/C37H48FN3O5/c1-9-45-35(44)41(23-27-12-16-29(38)17-13-27)22-26-10-14-28(15-11-26)30-24(2)39-25(3)31(33(34(42)43)46-36(4,5)6)32(30)40-20-18-37(7,8)19-21-40/h10-17,33H,9,18-23H2,1-8H3,(H,42,43)/t33-/m0/s1. The summed E-state index contributed by atoms with van der Waals surface area (Å²) in [6.07, 6.45) is 0.301. The van der Waals surface area contributed by atoms with E-state index in [1.54, 1.807) is 24.0 Å². The van der Waals surface area contributed by atoms with Crippen molar-refractivity contribution in [3.63, 3.8) is 0 Å². The molecular formula is C37H48FN3O5. The number of carbonyl (C=O) groups is 2. The number of carboxylic acid groups (broad SMARTS) is 1. The van der Waals surface area contributed by atoms with Gasteiger partial charge in [0.05, 0.1) is 17.9 Å². The number of rotatable bonds is 10. The molecule has 0 bridgehead atoms. The van der Waals surface area contributed by atoms with Crippen LogP contribution in [0.3, 0.4) is 0 Å². The maximum Gasteiger partial charge on any atom is 0.410 e. The highest BCUT2D eigenvalue weighted by atomic mass is 19.1. The van der Waals surface area contributed by atoms with Crippen LogP contribution in [0.4, 0.5) is 14.9 Å². The first kappa shape index (κ1) is 34.9. The molecule has 46 heavy (non-hydrogen) atoms. The lowest BCUT2D eigenvalue weighted by Gasteiger charge is -2.41. The summed E-state index contributed by atoms with van der Waals surface area (Å²) in [5.41, 5.74) is 5.84. The van der Waals surface area contributed by atoms with Gasteiger partial charge in [0, 0.05) is 48.7 Å². The highest BCUT2D eigenvalue weighted by Gasteiger charge is 2.36. The summed E-state index contributed by atoms with van der Waals surface area (Å²) in [7, 11) is 0. The first-order valence-electron chi connectivity index (χ1n) is 16.0. The van der Waals surface area contributed by atoms with Gasteiger partial charge in [0.15, 0.2) is 6.10 Å². The van der Waals surface area contributed by atoms with E-state index in [0.717, 1.165) is 59.6 Å². The zero-order valence-electron chi connectivity index (χ0n) is 28.4. The Labute approximate surface area is 272 Å². The van der Waals surface area contributed by atoms with Crippen LogP contribution in [0.1, 0.15) is 88.6 Å². The Morgan fingerprint density at radius 2 is 1.52 bits per heavy atom. The SMILES string of the molecule is CCOC(=O)N(Cc1ccc(F)cc1)Cc1ccc(-c2c(C)nc(C)c([C@H](OC(C)(C)C)C(=O)O)c2N2CCC(C)(C)CC2)cc1. The summed E-state index contributed by atoms with van der Waals surface area (Å²) in [6.45, 7) is 18.1. The van der Waals surface area contributed by atoms with E-state index in [1.807, 2.05) is 58.9 Å². The predicted octanol–water partition coefficient (Wildman–Crippen LogP) is 8.23. The maximum absolute atomic E-state index is 13.5. The lowest BCUT2D eigenvalue weighted by atomic mass is 9.81. The lowest BCUT2D eigenvalue weighted by Crippen LogP contribution is -2.39. The van der Waals surface area contributed by atoms with Crippen molar-refractivity contribution in [2.75, 3.05) is 24.6 Å². The monoisotopic (exact) mass is 633 g/mol. The molecule has 2 heterocycles. The van der Waals surface area contributed by atoms with E-state index in [9.17, 15) is 19.1 Å². The number of aromatic nitrogens is 1. The fourth-order valence-electron chi connectivity index (χ4n) is 5.96. The van der Waals surface area contributed by atoms with Crippen LogP contribution in [0.2, 0.25) is 0 Å². The molecule has 2 aromatic carbocycles. The van der Waals surface area contributed by atoms with Gasteiger partial charge in [0.25, 0.3) is 0 Å². The second-order valence-corrected chi connectivity index (χ2v) is 13.9. The maximum atomic E-state index is 13.5. The third kappa shape index (κ3) is 8.63. The Bertz CT molecular complexity index is 1520. The topological polar surface area (TPSA) is 92.2 Å². The lowest BCUT2D eigenvalue weighted by molar-refractivity contribution is -0.160. The van der Waals surface area contributed by atoms with Gasteiger partial charge in [0.2, 0.25) is 0 Å². The van der Waals surface area contributed by atoms with Crippen molar-refractivity contribution < 1.29 is 28.6 Å². The van der Waals surface area contributed by atoms with Gasteiger partial charge in [-0.3, -0.25) is 9.88 Å². The van der Waals surface area contributed by atoms with Crippen LogP contribution in [0.5, 0.6) is 0 Å². The molecule has 0 aliphatic carbocycles. The molecule has 9 heteroatoms. The molecule has 1 aromatic heterocycles. The number of nitrogens with zero attached hydrogens (tertiary/aromatic N) is 3. The third-order valence-corrected chi connectivity index (χ3v) is 8.40. The number of amides is 1. The van der Waals surface area contributed by atoms with E-state index in [1.165, 1.54) is 12.1 Å². The molecule has 0 saturated carbocycles. The van der Waals surface area contributed by atoms with Gasteiger partial charge in [-0.1, -0.05) is 50.2 Å². The summed E-state index contributed by atoms with van der Waals surface area (Å²) >= 11 is 0. The number of carboxylic acids is 1. The number of anilines is 1. The highest BCUT2D eigenvalue weighted by molar-refractivity contribution is 5.88. The van der Waals surface area contributed by atoms with E-state index >= 15 is 0 Å². The second-order valence-electron chi connectivity index (χ2n) is 13.9. The van der Waals surface area contributed by atoms with Crippen LogP contribution in [-0.4, -0.2) is 52.4 Å². The van der Waals surface area contributed by atoms with Crippen molar-refractivity contribution >= 4 is 17.7 Å². The van der Waals surface area contributed by atoms with Crippen LogP contribution in [0.15, 0.2) is 48.5 Å². The average Bonchev–Trinajstić information content (AvgIpc) is 2.97. The number of pyridine rings is 1. The van der Waals surface area contributed by atoms with Crippen molar-refractivity contribution in [3.05, 3.63) is 82.4 Å². The Kier molecular flexibility index (Phi) is 10.8. The van der Waals surface area contributed by atoms with Crippen LogP contribution in [0, 0.1) is 25.1 Å². The molecule has 1 N–H and O–H groups in total. The minimum atomic E-state index is -1.19. The largest absolute Gasteiger partial charge is 0.479 e. The summed E-state index contributed by atoms with van der Waals surface area (Å²) in [6, 6.07) is 14.0. The van der Waals surface area contributed by atoms with Gasteiger partial charge in [-0.2, -0.15) is 0 Å². The molecule has 3 aromatic rings. The molecule has 1 amide bonds. The second kappa shape index (κ2) is 14.2. The zero-order chi connectivity index (χ0) is 33.8. The van der Waals surface area contributed by atoms with Gasteiger partial charge in [-0.15, -0.1) is 0 Å². The Morgan fingerprint density at radius 3 is 2.02 bits per heavy atom. The molecule has 1 aliphatic rings. The van der Waals surface area contributed by atoms with Crippen molar-refractivity contribution in [1.82, 2.24) is 9.88 Å². The predicted molar refractivity (Wildman–Crippen MR) is 178 cm³/mol. The average molecular weight is 634 g/mol. The molecule has 1 atom stereocenters. The van der Waals surface area contributed by atoms with Gasteiger partial charge < -0.3 is 19.5 Å². The molecular weight excluding hydrogens is 585 g/mol. The minimum absolute atomic E-state index is 0.197. The summed E-state index contributed by atoms with van der Waals surface area (Å²) in [5.74, 6) is -1.39. The van der Waals surface area contributed by atoms with E-state index < -0.39 is 23.8 Å². The molecule has 1 aliphatic heterocycles. The zero-order valence-corrected chi connectivity index (χ0v) is 28.4. The first-order valence-corrected chi connectivity index (χ1v) is 16.0. The smallest absolute Gasteiger partial charge is 0.410 e. The summed E-state index contributed by atoms with van der Waals surface area (Å²) in [4.78, 5) is 34.4. The molecule has 248 valence electrons. The van der Waals surface area contributed by atoms with Gasteiger partial charge in [0.1, 0.15) is 5.82 Å². The number of piperidine rings is 1. The van der Waals surface area contributed by atoms with E-state index in [2.05, 4.69) is 18.7 Å². The molecule has 0 radical (unpaired) electrons. The van der Waals surface area contributed by atoms with Gasteiger partial charge in [-0.05, 0) is 88.6 Å². The van der Waals surface area contributed by atoms with Crippen molar-refractivity contribution in [2.45, 2.75) is 93.0 Å². The van der Waals surface area contributed by atoms with Crippen molar-refractivity contribution in [1.29, 1.82) is 0 Å². The third-order valence-electron chi connectivity index (χ3n) is 8.40. The van der Waals surface area contributed by atoms with Crippen molar-refractivity contribution in [3.8, 4) is 11.1 Å². The Morgan fingerprint density at radius 1 is 0.978 bits per heavy atom. The number of hydrogen-bond donors (Lipinski definition) is 1. The number of aryl methyl sites for hydroxylation is 2. The quantitative estimate of drug-likeness (QED) is 0.240. The van der Waals surface area contributed by atoms with Crippen molar-refractivity contribution in [2.24, 2.45) is 5.41 Å². The molecule has 8 nitrogen and oxygen atoms in total. The van der Waals surface area contributed by atoms with Gasteiger partial charge >= 0.3 is 12.1 Å². The number of benzene rings is 2. The highest BCUT2D eigenvalue weighted by Crippen LogP contribution is 2.44. The molecule has 0 unspecified atom stereocenters. The number of halogens is 1.